The van der Waals surface area contributed by atoms with Gasteiger partial charge in [-0.1, -0.05) is 0 Å². The third-order valence-corrected chi connectivity index (χ3v) is 0.611. The van der Waals surface area contributed by atoms with E-state index in [-0.39, 0.29) is 0 Å². The molecule has 0 fully saturated rings. The van der Waals surface area contributed by atoms with Crippen molar-refractivity contribution in [1.29, 1.82) is 5.41 Å². The molecule has 0 spiro atoms. The Morgan fingerprint density at radius 1 is 1.40 bits per heavy atom. The molecule has 10 heavy (non-hydrogen) atoms. The van der Waals surface area contributed by atoms with Gasteiger partial charge in [0.25, 0.3) is 5.90 Å². The van der Waals surface area contributed by atoms with Gasteiger partial charge in [-0.15, -0.1) is 0 Å². The fourth-order valence-corrected chi connectivity index (χ4v) is 0.303. The molecule has 2 nitrogen and oxygen atoms in total. The van der Waals surface area contributed by atoms with Gasteiger partial charge in [-0.3, -0.25) is 5.41 Å². The van der Waals surface area contributed by atoms with Gasteiger partial charge in [0.1, 0.15) is 0 Å². The van der Waals surface area contributed by atoms with Crippen LogP contribution in [0.2, 0.25) is 0 Å². The molecule has 0 unspecified atom stereocenters. The second-order valence-electron chi connectivity index (χ2n) is 1.99. The van der Waals surface area contributed by atoms with Gasteiger partial charge in [0.2, 0.25) is 0 Å². The molecule has 0 aliphatic heterocycles. The van der Waals surface area contributed by atoms with Gasteiger partial charge in [-0.25, -0.2) is 0 Å². The fourth-order valence-electron chi connectivity index (χ4n) is 0.303. The summed E-state index contributed by atoms with van der Waals surface area (Å²) in [6.07, 6.45) is -5.25. The average Bonchev–Trinajstić information content (AvgIpc) is 1.60. The summed E-state index contributed by atoms with van der Waals surface area (Å²) < 4.78 is 38.5. The molecule has 5 heteroatoms. The zero-order valence-electron chi connectivity index (χ0n) is 5.62. The first-order chi connectivity index (χ1) is 4.34. The minimum absolute atomic E-state index is 0.603. The fraction of sp³-hybridized carbons (Fsp3) is 0.800. The Labute approximate surface area is 56.5 Å². The van der Waals surface area contributed by atoms with Gasteiger partial charge in [0.15, 0.2) is 0 Å². The van der Waals surface area contributed by atoms with E-state index in [0.29, 0.717) is 0 Å². The third-order valence-electron chi connectivity index (χ3n) is 0.611. The maximum absolute atomic E-state index is 11.5. The molecule has 0 saturated carbocycles. The first-order valence-electron chi connectivity index (χ1n) is 2.66. The lowest BCUT2D eigenvalue weighted by Crippen LogP contribution is -2.27. The Morgan fingerprint density at radius 3 is 1.90 bits per heavy atom. The van der Waals surface area contributed by atoms with E-state index in [1.54, 1.807) is 0 Å². The van der Waals surface area contributed by atoms with E-state index < -0.39 is 18.2 Å². The summed E-state index contributed by atoms with van der Waals surface area (Å²) in [4.78, 5) is 0. The molecule has 0 heterocycles. The van der Waals surface area contributed by atoms with E-state index in [1.165, 1.54) is 13.8 Å². The van der Waals surface area contributed by atoms with E-state index in [4.69, 9.17) is 5.41 Å². The summed E-state index contributed by atoms with van der Waals surface area (Å²) in [5.41, 5.74) is 0. The molecule has 0 bridgehead atoms. The van der Waals surface area contributed by atoms with E-state index in [9.17, 15) is 13.2 Å². The average molecular weight is 155 g/mol. The number of halogens is 3. The summed E-state index contributed by atoms with van der Waals surface area (Å²) in [5.74, 6) is -1.64. The second kappa shape index (κ2) is 2.90. The minimum Gasteiger partial charge on any atom is -0.472 e. The molecule has 0 amide bonds. The molecule has 1 N–H and O–H groups in total. The van der Waals surface area contributed by atoms with Crippen LogP contribution in [0.15, 0.2) is 0 Å². The van der Waals surface area contributed by atoms with Gasteiger partial charge in [-0.2, -0.15) is 13.2 Å². The predicted molar refractivity (Wildman–Crippen MR) is 30.0 cm³/mol. The smallest absolute Gasteiger partial charge is 0.467 e. The third kappa shape index (κ3) is 3.32. The van der Waals surface area contributed by atoms with E-state index in [2.05, 4.69) is 4.74 Å². The molecular weight excluding hydrogens is 147 g/mol. The van der Waals surface area contributed by atoms with E-state index in [1.807, 2.05) is 0 Å². The zero-order valence-corrected chi connectivity index (χ0v) is 5.62. The van der Waals surface area contributed by atoms with Crippen molar-refractivity contribution in [2.24, 2.45) is 0 Å². The van der Waals surface area contributed by atoms with Crippen molar-refractivity contribution in [3.63, 3.8) is 0 Å². The van der Waals surface area contributed by atoms with Crippen LogP contribution in [0.1, 0.15) is 13.8 Å². The van der Waals surface area contributed by atoms with Crippen LogP contribution < -0.4 is 0 Å². The van der Waals surface area contributed by atoms with Crippen molar-refractivity contribution in [2.75, 3.05) is 0 Å². The quantitative estimate of drug-likeness (QED) is 0.455. The highest BCUT2D eigenvalue weighted by Crippen LogP contribution is 2.17. The Kier molecular flexibility index (Phi) is 2.68. The van der Waals surface area contributed by atoms with Crippen molar-refractivity contribution in [1.82, 2.24) is 0 Å². The van der Waals surface area contributed by atoms with Crippen LogP contribution in [0.5, 0.6) is 0 Å². The van der Waals surface area contributed by atoms with Crippen LogP contribution >= 0.6 is 0 Å². The van der Waals surface area contributed by atoms with Gasteiger partial charge >= 0.3 is 6.18 Å². The van der Waals surface area contributed by atoms with Crippen molar-refractivity contribution in [3.8, 4) is 0 Å². The van der Waals surface area contributed by atoms with E-state index in [0.717, 1.165) is 0 Å². The number of ether oxygens (including phenoxy) is 1. The molecule has 0 aromatic heterocycles. The van der Waals surface area contributed by atoms with Crippen molar-refractivity contribution in [3.05, 3.63) is 0 Å². The number of nitrogens with one attached hydrogen (secondary N) is 1. The van der Waals surface area contributed by atoms with Crippen molar-refractivity contribution >= 4 is 5.90 Å². The highest BCUT2D eigenvalue weighted by Gasteiger charge is 2.37. The number of alkyl halides is 3. The lowest BCUT2D eigenvalue weighted by molar-refractivity contribution is -0.0829. The Bertz CT molecular complexity index is 129. The van der Waals surface area contributed by atoms with Crippen molar-refractivity contribution < 1.29 is 17.9 Å². The number of rotatable bonds is 1. The lowest BCUT2D eigenvalue weighted by atomic mass is 10.5. The molecule has 0 radical (unpaired) electrons. The first-order valence-corrected chi connectivity index (χ1v) is 2.66. The molecule has 0 aliphatic carbocycles. The normalized spacial score (nSPS) is 11.8. The summed E-state index contributed by atoms with van der Waals surface area (Å²) in [5, 5.41) is 6.32. The van der Waals surface area contributed by atoms with Crippen LogP contribution in [0.4, 0.5) is 13.2 Å². The zero-order chi connectivity index (χ0) is 8.36. The van der Waals surface area contributed by atoms with Gasteiger partial charge in [-0.05, 0) is 13.8 Å². The van der Waals surface area contributed by atoms with E-state index >= 15 is 0 Å². The maximum Gasteiger partial charge on any atom is 0.467 e. The first kappa shape index (κ1) is 9.26. The van der Waals surface area contributed by atoms with Crippen LogP contribution in [0.25, 0.3) is 0 Å². The maximum atomic E-state index is 11.5. The van der Waals surface area contributed by atoms with Gasteiger partial charge < -0.3 is 4.74 Å². The topological polar surface area (TPSA) is 33.1 Å². The summed E-state index contributed by atoms with van der Waals surface area (Å²) in [6, 6.07) is 0. The molecule has 0 saturated heterocycles. The molecule has 60 valence electrons. The van der Waals surface area contributed by atoms with Crippen LogP contribution in [-0.2, 0) is 4.74 Å². The standard InChI is InChI=1S/C5H8F3NO/c1-3(2)10-4(9)5(6,7)8/h3,9H,1-2H3. The highest BCUT2D eigenvalue weighted by atomic mass is 19.4. The molecule has 0 rings (SSSR count). The summed E-state index contributed by atoms with van der Waals surface area (Å²) in [6.45, 7) is 2.86. The van der Waals surface area contributed by atoms with Gasteiger partial charge in [0, 0.05) is 0 Å². The summed E-state index contributed by atoms with van der Waals surface area (Å²) >= 11 is 0. The Hall–Kier alpha value is -0.740. The highest BCUT2D eigenvalue weighted by molar-refractivity contribution is 5.78. The minimum atomic E-state index is -4.65. The van der Waals surface area contributed by atoms with Crippen LogP contribution in [0, 0.1) is 5.41 Å². The largest absolute Gasteiger partial charge is 0.472 e. The van der Waals surface area contributed by atoms with Crippen molar-refractivity contribution in [2.45, 2.75) is 26.1 Å². The molecule has 0 aromatic rings. The Morgan fingerprint density at radius 2 is 1.80 bits per heavy atom. The number of hydrogen-bond donors (Lipinski definition) is 1. The molecular formula is C5H8F3NO. The SMILES string of the molecule is CC(C)OC(=N)C(F)(F)F. The molecule has 0 aliphatic rings. The monoisotopic (exact) mass is 155 g/mol. The number of hydrogen-bond acceptors (Lipinski definition) is 2. The summed E-state index contributed by atoms with van der Waals surface area (Å²) in [7, 11) is 0. The molecule has 0 atom stereocenters. The van der Waals surface area contributed by atoms with Crippen LogP contribution in [-0.4, -0.2) is 18.2 Å². The van der Waals surface area contributed by atoms with Crippen LogP contribution in [0.3, 0.4) is 0 Å². The second-order valence-corrected chi connectivity index (χ2v) is 1.99. The lowest BCUT2D eigenvalue weighted by Gasteiger charge is -2.11. The Balaban J connectivity index is 3.87. The van der Waals surface area contributed by atoms with Gasteiger partial charge in [0.05, 0.1) is 6.10 Å². The predicted octanol–water partition coefficient (Wildman–Crippen LogP) is 1.95. The molecule has 0 aromatic carbocycles.